The number of ether oxygens (including phenoxy) is 2. The quantitative estimate of drug-likeness (QED) is 0.310. The molecule has 1 aliphatic rings. The summed E-state index contributed by atoms with van der Waals surface area (Å²) >= 11 is 0. The number of aromatic carboxylic acids is 2. The van der Waals surface area contributed by atoms with Gasteiger partial charge in [0.05, 0.1) is 28.2 Å². The molecule has 0 unspecified atom stereocenters. The van der Waals surface area contributed by atoms with E-state index in [1.54, 1.807) is 11.5 Å². The van der Waals surface area contributed by atoms with E-state index in [4.69, 9.17) is 20.3 Å². The van der Waals surface area contributed by atoms with Gasteiger partial charge in [0.1, 0.15) is 30.2 Å². The molecule has 1 aromatic heterocycles. The molecule has 1 aliphatic heterocycles. The number of nitrogen functional groups attached to an aromatic ring is 1. The number of carboxylic acid groups (broad SMARTS) is 2. The number of aromatic nitrogens is 1. The number of pyridine rings is 1. The van der Waals surface area contributed by atoms with E-state index in [2.05, 4.69) is 5.32 Å². The molecule has 0 aliphatic carbocycles. The third-order valence-electron chi connectivity index (χ3n) is 5.35. The van der Waals surface area contributed by atoms with E-state index >= 15 is 4.39 Å². The van der Waals surface area contributed by atoms with Crippen LogP contribution in [0.1, 0.15) is 33.7 Å². The molecular weight excluding hydrogens is 437 g/mol. The van der Waals surface area contributed by atoms with E-state index in [-0.39, 0.29) is 53.7 Å². The highest BCUT2D eigenvalue weighted by atomic mass is 19.1. The van der Waals surface area contributed by atoms with Crippen molar-refractivity contribution in [3.8, 4) is 11.5 Å². The number of hydrogen-bond donors (Lipinski definition) is 4. The van der Waals surface area contributed by atoms with Crippen molar-refractivity contribution >= 4 is 34.2 Å². The molecule has 2 aromatic carbocycles. The first kappa shape index (κ1) is 21.9. The Morgan fingerprint density at radius 3 is 2.61 bits per heavy atom. The Hall–Kier alpha value is -4.28. The smallest absolute Gasteiger partial charge is 0.341 e. The predicted octanol–water partition coefficient (Wildman–Crippen LogP) is 2.56. The first-order valence-electron chi connectivity index (χ1n) is 9.96. The zero-order valence-electron chi connectivity index (χ0n) is 17.4. The number of carboxylic acids is 2. The fourth-order valence-electron chi connectivity index (χ4n) is 3.70. The van der Waals surface area contributed by atoms with Gasteiger partial charge < -0.3 is 35.3 Å². The molecule has 0 fully saturated rings. The minimum atomic E-state index is -1.43. The van der Waals surface area contributed by atoms with Crippen LogP contribution in [0.25, 0.3) is 10.9 Å². The summed E-state index contributed by atoms with van der Waals surface area (Å²) in [5, 5.41) is 20.9. The van der Waals surface area contributed by atoms with Crippen LogP contribution in [0.15, 0.2) is 35.3 Å². The largest absolute Gasteiger partial charge is 0.492 e. The summed E-state index contributed by atoms with van der Waals surface area (Å²) in [5.41, 5.74) is 4.35. The molecule has 2 heterocycles. The van der Waals surface area contributed by atoms with Crippen molar-refractivity contribution < 1.29 is 33.7 Å². The summed E-state index contributed by atoms with van der Waals surface area (Å²) in [6.07, 6.45) is 1.22. The maximum atomic E-state index is 15.2. The number of hydrogen-bond acceptors (Lipinski definition) is 7. The van der Waals surface area contributed by atoms with E-state index in [1.165, 1.54) is 30.5 Å². The molecule has 172 valence electrons. The summed E-state index contributed by atoms with van der Waals surface area (Å²) in [6, 6.07) is 5.50. The first-order chi connectivity index (χ1) is 15.7. The number of nitrogens with zero attached hydrogens (tertiary/aromatic N) is 1. The number of halogens is 1. The summed E-state index contributed by atoms with van der Waals surface area (Å²) in [6.45, 7) is 2.14. The number of nitrogens with one attached hydrogen (secondary N) is 1. The Labute approximate surface area is 186 Å². The van der Waals surface area contributed by atoms with Crippen molar-refractivity contribution in [2.24, 2.45) is 0 Å². The van der Waals surface area contributed by atoms with E-state index in [1.807, 2.05) is 0 Å². The topological polar surface area (TPSA) is 153 Å². The molecule has 11 heteroatoms. The normalized spacial score (nSPS) is 14.5. The monoisotopic (exact) mass is 457 g/mol. The Kier molecular flexibility index (Phi) is 5.54. The number of benzene rings is 2. The summed E-state index contributed by atoms with van der Waals surface area (Å²) in [4.78, 5) is 35.1. The van der Waals surface area contributed by atoms with Gasteiger partial charge in [0.25, 0.3) is 0 Å². The Bertz CT molecular complexity index is 1340. The molecule has 0 spiro atoms. The zero-order chi connectivity index (χ0) is 23.9. The molecule has 5 N–H and O–H groups in total. The van der Waals surface area contributed by atoms with Crippen molar-refractivity contribution in [2.45, 2.75) is 13.0 Å². The Morgan fingerprint density at radius 1 is 1.27 bits per heavy atom. The second-order valence-electron chi connectivity index (χ2n) is 7.50. The molecule has 0 bridgehead atoms. The summed E-state index contributed by atoms with van der Waals surface area (Å²) in [7, 11) is 0. The van der Waals surface area contributed by atoms with Crippen LogP contribution in [0.4, 0.5) is 15.8 Å². The van der Waals surface area contributed by atoms with Gasteiger partial charge in [0, 0.05) is 12.7 Å². The fraction of sp³-hybridized carbons (Fsp3) is 0.227. The van der Waals surface area contributed by atoms with Crippen molar-refractivity contribution in [3.63, 3.8) is 0 Å². The second kappa shape index (κ2) is 8.34. The van der Waals surface area contributed by atoms with Gasteiger partial charge in [-0.2, -0.15) is 0 Å². The predicted molar refractivity (Wildman–Crippen MR) is 117 cm³/mol. The minimum Gasteiger partial charge on any atom is -0.492 e. The number of nitrogens with two attached hydrogens (primary N) is 1. The molecular formula is C22H20FN3O7. The van der Waals surface area contributed by atoms with E-state index in [0.717, 1.165) is 0 Å². The third-order valence-corrected chi connectivity index (χ3v) is 5.35. The average molecular weight is 457 g/mol. The van der Waals surface area contributed by atoms with Crippen LogP contribution in [-0.4, -0.2) is 46.5 Å². The van der Waals surface area contributed by atoms with Crippen LogP contribution in [0.3, 0.4) is 0 Å². The Morgan fingerprint density at radius 2 is 1.97 bits per heavy atom. The van der Waals surface area contributed by atoms with Crippen molar-refractivity contribution in [1.29, 1.82) is 0 Å². The Balaban J connectivity index is 1.64. The van der Waals surface area contributed by atoms with Gasteiger partial charge in [-0.05, 0) is 31.2 Å². The van der Waals surface area contributed by atoms with E-state index < -0.39 is 34.4 Å². The molecule has 0 amide bonds. The first-order valence-corrected chi connectivity index (χ1v) is 9.96. The van der Waals surface area contributed by atoms with Crippen molar-refractivity contribution in [2.75, 3.05) is 30.8 Å². The number of rotatable bonds is 7. The summed E-state index contributed by atoms with van der Waals surface area (Å²) < 4.78 is 28.0. The molecule has 10 nitrogen and oxygen atoms in total. The highest BCUT2D eigenvalue weighted by molar-refractivity contribution is 6.03. The van der Waals surface area contributed by atoms with Gasteiger partial charge >= 0.3 is 11.9 Å². The summed E-state index contributed by atoms with van der Waals surface area (Å²) in [5.74, 6) is -2.91. The molecule has 0 saturated heterocycles. The SMILES string of the molecule is C[C@H]1COc2c(NCCOc3ccc(C(=O)O)cc3)c(F)c(N)c3c(=O)c(C(=O)O)cn1c23. The van der Waals surface area contributed by atoms with Crippen LogP contribution in [0.5, 0.6) is 11.5 Å². The van der Waals surface area contributed by atoms with Gasteiger partial charge in [-0.3, -0.25) is 4.79 Å². The number of anilines is 2. The molecule has 3 aromatic rings. The fourth-order valence-corrected chi connectivity index (χ4v) is 3.70. The van der Waals surface area contributed by atoms with Crippen LogP contribution >= 0.6 is 0 Å². The lowest BCUT2D eigenvalue weighted by Crippen LogP contribution is -2.28. The molecule has 33 heavy (non-hydrogen) atoms. The van der Waals surface area contributed by atoms with Gasteiger partial charge in [-0.15, -0.1) is 0 Å². The standard InChI is InChI=1S/C22H20FN3O7/c1-10-9-33-20-17(25-6-7-32-12-4-2-11(3-5-12)21(28)29)15(23)16(24)14-18(20)26(10)8-13(19(14)27)22(30)31/h2-5,8,10,25H,6-7,9,24H2,1H3,(H,28,29)(H,30,31)/t10-/m0/s1. The van der Waals surface area contributed by atoms with Crippen molar-refractivity contribution in [3.05, 3.63) is 57.6 Å². The van der Waals surface area contributed by atoms with Crippen LogP contribution in [-0.2, 0) is 0 Å². The lowest BCUT2D eigenvalue weighted by molar-refractivity contribution is 0.0684. The van der Waals surface area contributed by atoms with Gasteiger partial charge in [0.2, 0.25) is 5.43 Å². The lowest BCUT2D eigenvalue weighted by Gasteiger charge is -2.29. The highest BCUT2D eigenvalue weighted by Crippen LogP contribution is 2.43. The molecule has 0 radical (unpaired) electrons. The maximum absolute atomic E-state index is 15.2. The van der Waals surface area contributed by atoms with Crippen LogP contribution in [0.2, 0.25) is 0 Å². The van der Waals surface area contributed by atoms with E-state index in [9.17, 15) is 19.5 Å². The van der Waals surface area contributed by atoms with E-state index in [0.29, 0.717) is 5.75 Å². The van der Waals surface area contributed by atoms with Gasteiger partial charge in [-0.25, -0.2) is 14.0 Å². The lowest BCUT2D eigenvalue weighted by atomic mass is 10.0. The van der Waals surface area contributed by atoms with Crippen LogP contribution in [0, 0.1) is 5.82 Å². The average Bonchev–Trinajstić information content (AvgIpc) is 2.78. The van der Waals surface area contributed by atoms with Gasteiger partial charge in [-0.1, -0.05) is 0 Å². The minimum absolute atomic E-state index is 0.0621. The molecule has 0 saturated carbocycles. The highest BCUT2D eigenvalue weighted by Gasteiger charge is 2.30. The molecule has 4 rings (SSSR count). The number of carbonyl (C=O) groups is 2. The second-order valence-corrected chi connectivity index (χ2v) is 7.50. The molecule has 1 atom stereocenters. The van der Waals surface area contributed by atoms with Crippen LogP contribution < -0.4 is 26.0 Å². The zero-order valence-corrected chi connectivity index (χ0v) is 17.4. The maximum Gasteiger partial charge on any atom is 0.341 e. The third kappa shape index (κ3) is 3.77. The van der Waals surface area contributed by atoms with Gasteiger partial charge in [0.15, 0.2) is 11.6 Å². The van der Waals surface area contributed by atoms with Crippen molar-refractivity contribution in [1.82, 2.24) is 4.57 Å².